The first kappa shape index (κ1) is 16.7. The molecule has 2 aliphatic heterocycles. The van der Waals surface area contributed by atoms with Crippen molar-refractivity contribution in [2.24, 2.45) is 0 Å². The summed E-state index contributed by atoms with van der Waals surface area (Å²) in [5.74, 6) is -0.186. The maximum absolute atomic E-state index is 13.7. The minimum atomic E-state index is -0.385. The fraction of sp³-hybridized carbons (Fsp3) is 0.300. The summed E-state index contributed by atoms with van der Waals surface area (Å²) in [5.41, 5.74) is 4.10. The van der Waals surface area contributed by atoms with E-state index in [2.05, 4.69) is 24.1 Å². The molecule has 0 aliphatic carbocycles. The molecule has 1 aromatic heterocycles. The largest absolute Gasteiger partial charge is 0.486 e. The Hall–Kier alpha value is -2.73. The number of amides is 1. The van der Waals surface area contributed by atoms with Crippen molar-refractivity contribution in [3.8, 4) is 0 Å². The standard InChI is InChI=1S/C20H20FN3O2/c1-3-24(4-2)10-13-6-7-14-17(22-13)11-26-19(14)18-15-9-12(21)5-8-16(15)23-20(18)25/h5-9H,3-4,10-11H2,1-2H3,(H,23,25)/b19-18-. The van der Waals surface area contributed by atoms with Crippen LogP contribution in [0, 0.1) is 5.82 Å². The number of rotatable bonds is 4. The molecule has 0 unspecified atom stereocenters. The van der Waals surface area contributed by atoms with Gasteiger partial charge >= 0.3 is 0 Å². The van der Waals surface area contributed by atoms with E-state index in [0.717, 1.165) is 36.6 Å². The van der Waals surface area contributed by atoms with Gasteiger partial charge in [-0.3, -0.25) is 14.7 Å². The molecule has 0 fully saturated rings. The van der Waals surface area contributed by atoms with Crippen molar-refractivity contribution in [1.29, 1.82) is 0 Å². The van der Waals surface area contributed by atoms with Gasteiger partial charge in [-0.05, 0) is 43.4 Å². The van der Waals surface area contributed by atoms with Crippen molar-refractivity contribution >= 4 is 22.9 Å². The number of halogens is 1. The van der Waals surface area contributed by atoms with Gasteiger partial charge in [0.1, 0.15) is 18.2 Å². The van der Waals surface area contributed by atoms with Gasteiger partial charge in [-0.15, -0.1) is 0 Å². The minimum absolute atomic E-state index is 0.277. The Balaban J connectivity index is 1.74. The Labute approximate surface area is 151 Å². The first-order chi connectivity index (χ1) is 12.6. The van der Waals surface area contributed by atoms with E-state index < -0.39 is 0 Å². The lowest BCUT2D eigenvalue weighted by molar-refractivity contribution is -0.110. The maximum atomic E-state index is 13.7. The molecule has 134 valence electrons. The molecule has 2 aromatic rings. The highest BCUT2D eigenvalue weighted by molar-refractivity contribution is 6.36. The zero-order chi connectivity index (χ0) is 18.3. The normalized spacial score (nSPS) is 17.9. The molecule has 1 amide bonds. The summed E-state index contributed by atoms with van der Waals surface area (Å²) in [6, 6.07) is 8.17. The molecule has 6 heteroatoms. The highest BCUT2D eigenvalue weighted by Crippen LogP contribution is 2.41. The van der Waals surface area contributed by atoms with Gasteiger partial charge in [-0.2, -0.15) is 0 Å². The van der Waals surface area contributed by atoms with Crippen LogP contribution in [0.1, 0.15) is 36.4 Å². The number of hydrogen-bond acceptors (Lipinski definition) is 4. The van der Waals surface area contributed by atoms with Crippen LogP contribution in [0.4, 0.5) is 10.1 Å². The quantitative estimate of drug-likeness (QED) is 0.856. The Kier molecular flexibility index (Phi) is 4.20. The van der Waals surface area contributed by atoms with Gasteiger partial charge in [-0.25, -0.2) is 4.39 Å². The summed E-state index contributed by atoms with van der Waals surface area (Å²) in [5, 5.41) is 2.76. The molecule has 1 aromatic carbocycles. The number of nitrogens with zero attached hydrogens (tertiary/aromatic N) is 2. The SMILES string of the molecule is CCN(CC)Cc1ccc2c(n1)CO/C2=C1\C(=O)Nc2ccc(F)cc21. The monoisotopic (exact) mass is 353 g/mol. The van der Waals surface area contributed by atoms with E-state index in [9.17, 15) is 9.18 Å². The third kappa shape index (κ3) is 2.76. The number of pyridine rings is 1. The van der Waals surface area contributed by atoms with E-state index in [1.807, 2.05) is 12.1 Å². The molecule has 26 heavy (non-hydrogen) atoms. The molecule has 1 N–H and O–H groups in total. The highest BCUT2D eigenvalue weighted by Gasteiger charge is 2.33. The summed E-state index contributed by atoms with van der Waals surface area (Å²) in [6.45, 7) is 7.27. The molecule has 4 rings (SSSR count). The molecular weight excluding hydrogens is 333 g/mol. The summed E-state index contributed by atoms with van der Waals surface area (Å²) < 4.78 is 19.5. The predicted molar refractivity (Wildman–Crippen MR) is 97.5 cm³/mol. The van der Waals surface area contributed by atoms with Crippen LogP contribution < -0.4 is 5.32 Å². The summed E-state index contributed by atoms with van der Waals surface area (Å²) in [4.78, 5) is 19.4. The molecular formula is C20H20FN3O2. The molecule has 0 bridgehead atoms. The van der Waals surface area contributed by atoms with Gasteiger partial charge in [-0.1, -0.05) is 13.8 Å². The lowest BCUT2D eigenvalue weighted by Gasteiger charge is -2.17. The first-order valence-corrected chi connectivity index (χ1v) is 8.80. The summed E-state index contributed by atoms with van der Waals surface area (Å²) in [6.07, 6.45) is 0. The number of anilines is 1. The lowest BCUT2D eigenvalue weighted by Crippen LogP contribution is -2.22. The van der Waals surface area contributed by atoms with E-state index in [4.69, 9.17) is 9.72 Å². The molecule has 2 aliphatic rings. The number of carbonyl (C=O) groups is 1. The van der Waals surface area contributed by atoms with Crippen LogP contribution in [-0.2, 0) is 22.7 Å². The van der Waals surface area contributed by atoms with Crippen LogP contribution in [0.15, 0.2) is 30.3 Å². The van der Waals surface area contributed by atoms with Crippen molar-refractivity contribution in [2.75, 3.05) is 18.4 Å². The Morgan fingerprint density at radius 3 is 2.77 bits per heavy atom. The van der Waals surface area contributed by atoms with Gasteiger partial charge in [0.25, 0.3) is 5.91 Å². The highest BCUT2D eigenvalue weighted by atomic mass is 19.1. The molecule has 0 saturated heterocycles. The van der Waals surface area contributed by atoms with Gasteiger partial charge < -0.3 is 10.1 Å². The fourth-order valence-corrected chi connectivity index (χ4v) is 3.42. The van der Waals surface area contributed by atoms with E-state index in [0.29, 0.717) is 29.2 Å². The Bertz CT molecular complexity index is 919. The molecule has 0 spiro atoms. The predicted octanol–water partition coefficient (Wildman–Crippen LogP) is 3.41. The number of aromatic nitrogens is 1. The fourth-order valence-electron chi connectivity index (χ4n) is 3.42. The van der Waals surface area contributed by atoms with E-state index in [1.54, 1.807) is 6.07 Å². The Morgan fingerprint density at radius 1 is 1.19 bits per heavy atom. The van der Waals surface area contributed by atoms with Gasteiger partial charge in [0, 0.05) is 23.4 Å². The number of nitrogens with one attached hydrogen (secondary N) is 1. The number of ether oxygens (including phenoxy) is 1. The van der Waals surface area contributed by atoms with Crippen LogP contribution in [0.3, 0.4) is 0 Å². The van der Waals surface area contributed by atoms with Crippen LogP contribution in [0.25, 0.3) is 11.3 Å². The zero-order valence-corrected chi connectivity index (χ0v) is 14.8. The van der Waals surface area contributed by atoms with Crippen LogP contribution in [-0.4, -0.2) is 28.9 Å². The molecule has 0 saturated carbocycles. The van der Waals surface area contributed by atoms with Crippen molar-refractivity contribution in [3.63, 3.8) is 0 Å². The number of hydrogen-bond donors (Lipinski definition) is 1. The van der Waals surface area contributed by atoms with Crippen LogP contribution in [0.2, 0.25) is 0 Å². The van der Waals surface area contributed by atoms with Gasteiger partial charge in [0.05, 0.1) is 17.0 Å². The lowest BCUT2D eigenvalue weighted by atomic mass is 10.0. The van der Waals surface area contributed by atoms with Gasteiger partial charge in [0.2, 0.25) is 0 Å². The third-order valence-corrected chi connectivity index (χ3v) is 4.86. The second-order valence-electron chi connectivity index (χ2n) is 6.40. The van der Waals surface area contributed by atoms with E-state index >= 15 is 0 Å². The number of carbonyl (C=O) groups excluding carboxylic acids is 1. The second kappa shape index (κ2) is 6.53. The van der Waals surface area contributed by atoms with Crippen molar-refractivity contribution in [2.45, 2.75) is 27.0 Å². The molecule has 3 heterocycles. The minimum Gasteiger partial charge on any atom is -0.486 e. The summed E-state index contributed by atoms with van der Waals surface area (Å²) in [7, 11) is 0. The second-order valence-corrected chi connectivity index (χ2v) is 6.40. The van der Waals surface area contributed by atoms with Gasteiger partial charge in [0.15, 0.2) is 0 Å². The summed E-state index contributed by atoms with van der Waals surface area (Å²) >= 11 is 0. The topological polar surface area (TPSA) is 54.5 Å². The van der Waals surface area contributed by atoms with Crippen molar-refractivity contribution in [1.82, 2.24) is 9.88 Å². The zero-order valence-electron chi connectivity index (χ0n) is 14.8. The maximum Gasteiger partial charge on any atom is 0.260 e. The first-order valence-electron chi connectivity index (χ1n) is 8.80. The Morgan fingerprint density at radius 2 is 2.00 bits per heavy atom. The number of benzene rings is 1. The molecule has 0 radical (unpaired) electrons. The van der Waals surface area contributed by atoms with Crippen molar-refractivity contribution < 1.29 is 13.9 Å². The van der Waals surface area contributed by atoms with Crippen LogP contribution in [0.5, 0.6) is 0 Å². The average molecular weight is 353 g/mol. The van der Waals surface area contributed by atoms with Crippen molar-refractivity contribution in [3.05, 3.63) is 58.7 Å². The molecule has 0 atom stereocenters. The van der Waals surface area contributed by atoms with E-state index in [1.165, 1.54) is 12.1 Å². The average Bonchev–Trinajstić information content (AvgIpc) is 3.18. The van der Waals surface area contributed by atoms with E-state index in [-0.39, 0.29) is 11.7 Å². The van der Waals surface area contributed by atoms with Crippen LogP contribution >= 0.6 is 0 Å². The third-order valence-electron chi connectivity index (χ3n) is 4.86. The number of fused-ring (bicyclic) bond motifs is 2. The molecule has 5 nitrogen and oxygen atoms in total. The smallest absolute Gasteiger partial charge is 0.260 e.